The van der Waals surface area contributed by atoms with Gasteiger partial charge in [0.15, 0.2) is 0 Å². The average molecular weight is 329 g/mol. The highest BCUT2D eigenvalue weighted by atomic mass is 35.5. The topological polar surface area (TPSA) is 24.9 Å². The van der Waals surface area contributed by atoms with E-state index in [9.17, 15) is 0 Å². The number of allylic oxidation sites excluding steroid dienone is 1. The molecule has 2 rings (SSSR count). The SMILES string of the molecule is C=CCC(CC)CCNCc1ccc(-c2ccccc2Cl)cn1. The smallest absolute Gasteiger partial charge is 0.0542 e. The molecule has 0 bridgehead atoms. The molecule has 1 aromatic heterocycles. The molecule has 3 heteroatoms. The zero-order valence-corrected chi connectivity index (χ0v) is 14.5. The van der Waals surface area contributed by atoms with Crippen LogP contribution < -0.4 is 5.32 Å². The summed E-state index contributed by atoms with van der Waals surface area (Å²) in [7, 11) is 0. The number of hydrogen-bond donors (Lipinski definition) is 1. The van der Waals surface area contributed by atoms with E-state index in [4.69, 9.17) is 11.6 Å². The van der Waals surface area contributed by atoms with E-state index in [1.54, 1.807) is 0 Å². The summed E-state index contributed by atoms with van der Waals surface area (Å²) in [6, 6.07) is 12.0. The van der Waals surface area contributed by atoms with Crippen LogP contribution in [0.3, 0.4) is 0 Å². The maximum atomic E-state index is 6.22. The number of nitrogens with zero attached hydrogens (tertiary/aromatic N) is 1. The Morgan fingerprint density at radius 3 is 2.74 bits per heavy atom. The summed E-state index contributed by atoms with van der Waals surface area (Å²) in [5.74, 6) is 0.732. The Morgan fingerprint density at radius 1 is 1.26 bits per heavy atom. The quantitative estimate of drug-likeness (QED) is 0.486. The third-order valence-electron chi connectivity index (χ3n) is 4.12. The van der Waals surface area contributed by atoms with Crippen LogP contribution in [0.4, 0.5) is 0 Å². The zero-order chi connectivity index (χ0) is 16.5. The van der Waals surface area contributed by atoms with Crippen molar-refractivity contribution in [2.75, 3.05) is 6.54 Å². The van der Waals surface area contributed by atoms with Gasteiger partial charge in [-0.05, 0) is 37.4 Å². The summed E-state index contributed by atoms with van der Waals surface area (Å²) in [6.07, 6.45) is 7.40. The normalized spacial score (nSPS) is 12.1. The van der Waals surface area contributed by atoms with E-state index in [0.717, 1.165) is 47.3 Å². The first-order chi connectivity index (χ1) is 11.2. The number of nitrogens with one attached hydrogen (secondary N) is 1. The van der Waals surface area contributed by atoms with Gasteiger partial charge in [0.25, 0.3) is 0 Å². The van der Waals surface area contributed by atoms with Crippen LogP contribution in [0.5, 0.6) is 0 Å². The van der Waals surface area contributed by atoms with Gasteiger partial charge in [-0.15, -0.1) is 6.58 Å². The standard InChI is InChI=1S/C20H25ClN2/c1-3-7-16(4-2)12-13-22-15-18-11-10-17(14-23-18)19-8-5-6-9-20(19)21/h3,5-6,8-11,14,16,22H,1,4,7,12-13,15H2,2H3. The second-order valence-electron chi connectivity index (χ2n) is 5.78. The molecule has 0 radical (unpaired) electrons. The predicted octanol–water partition coefficient (Wildman–Crippen LogP) is 5.48. The van der Waals surface area contributed by atoms with Crippen LogP contribution in [0.15, 0.2) is 55.3 Å². The lowest BCUT2D eigenvalue weighted by molar-refractivity contribution is 0.455. The Kier molecular flexibility index (Phi) is 7.31. The van der Waals surface area contributed by atoms with Crippen LogP contribution in [-0.2, 0) is 6.54 Å². The molecule has 2 nitrogen and oxygen atoms in total. The largest absolute Gasteiger partial charge is 0.311 e. The highest BCUT2D eigenvalue weighted by molar-refractivity contribution is 6.33. The van der Waals surface area contributed by atoms with Gasteiger partial charge in [-0.25, -0.2) is 0 Å². The first kappa shape index (κ1) is 17.7. The van der Waals surface area contributed by atoms with Gasteiger partial charge < -0.3 is 5.32 Å². The molecule has 0 amide bonds. The minimum absolute atomic E-state index is 0.732. The number of pyridine rings is 1. The van der Waals surface area contributed by atoms with Crippen LogP contribution in [-0.4, -0.2) is 11.5 Å². The average Bonchev–Trinajstić information content (AvgIpc) is 2.59. The molecule has 1 atom stereocenters. The Balaban J connectivity index is 1.84. The fourth-order valence-corrected chi connectivity index (χ4v) is 2.88. The molecular formula is C20H25ClN2. The molecule has 0 saturated heterocycles. The molecule has 1 N–H and O–H groups in total. The molecule has 0 fully saturated rings. The Bertz CT molecular complexity index is 607. The summed E-state index contributed by atoms with van der Waals surface area (Å²) >= 11 is 6.22. The van der Waals surface area contributed by atoms with Crippen LogP contribution in [0.1, 0.15) is 31.9 Å². The molecule has 0 spiro atoms. The second kappa shape index (κ2) is 9.49. The van der Waals surface area contributed by atoms with Crippen LogP contribution >= 0.6 is 11.6 Å². The van der Waals surface area contributed by atoms with E-state index < -0.39 is 0 Å². The van der Waals surface area contributed by atoms with Crippen molar-refractivity contribution in [2.45, 2.75) is 32.7 Å². The van der Waals surface area contributed by atoms with Crippen LogP contribution in [0.2, 0.25) is 5.02 Å². The number of rotatable bonds is 9. The Hall–Kier alpha value is -1.64. The van der Waals surface area contributed by atoms with E-state index in [2.05, 4.69) is 35.9 Å². The molecule has 1 heterocycles. The van der Waals surface area contributed by atoms with Crippen molar-refractivity contribution < 1.29 is 0 Å². The molecule has 122 valence electrons. The molecule has 1 aromatic carbocycles. The predicted molar refractivity (Wildman–Crippen MR) is 99.6 cm³/mol. The lowest BCUT2D eigenvalue weighted by atomic mass is 9.99. The van der Waals surface area contributed by atoms with Gasteiger partial charge in [-0.3, -0.25) is 4.98 Å². The van der Waals surface area contributed by atoms with Gasteiger partial charge in [0.1, 0.15) is 0 Å². The van der Waals surface area contributed by atoms with E-state index in [0.29, 0.717) is 0 Å². The fourth-order valence-electron chi connectivity index (χ4n) is 2.63. The summed E-state index contributed by atoms with van der Waals surface area (Å²) < 4.78 is 0. The molecule has 0 saturated carbocycles. The summed E-state index contributed by atoms with van der Waals surface area (Å²) in [4.78, 5) is 4.53. The van der Waals surface area contributed by atoms with Crippen LogP contribution in [0.25, 0.3) is 11.1 Å². The third-order valence-corrected chi connectivity index (χ3v) is 4.45. The first-order valence-corrected chi connectivity index (χ1v) is 8.63. The Morgan fingerprint density at radius 2 is 2.09 bits per heavy atom. The van der Waals surface area contributed by atoms with Crippen molar-refractivity contribution in [3.63, 3.8) is 0 Å². The zero-order valence-electron chi connectivity index (χ0n) is 13.8. The molecule has 23 heavy (non-hydrogen) atoms. The molecule has 0 aliphatic rings. The number of benzene rings is 1. The van der Waals surface area contributed by atoms with Crippen molar-refractivity contribution in [2.24, 2.45) is 5.92 Å². The highest BCUT2D eigenvalue weighted by Gasteiger charge is 2.05. The summed E-state index contributed by atoms with van der Waals surface area (Å²) in [5, 5.41) is 4.23. The highest BCUT2D eigenvalue weighted by Crippen LogP contribution is 2.26. The van der Waals surface area contributed by atoms with Gasteiger partial charge in [-0.2, -0.15) is 0 Å². The molecule has 0 aliphatic carbocycles. The van der Waals surface area contributed by atoms with E-state index in [1.165, 1.54) is 12.8 Å². The molecule has 2 aromatic rings. The van der Waals surface area contributed by atoms with Gasteiger partial charge in [0.2, 0.25) is 0 Å². The van der Waals surface area contributed by atoms with Crippen molar-refractivity contribution in [1.29, 1.82) is 0 Å². The monoisotopic (exact) mass is 328 g/mol. The van der Waals surface area contributed by atoms with Crippen LogP contribution in [0, 0.1) is 5.92 Å². The van der Waals surface area contributed by atoms with Crippen molar-refractivity contribution in [1.82, 2.24) is 10.3 Å². The molecular weight excluding hydrogens is 304 g/mol. The van der Waals surface area contributed by atoms with Crippen molar-refractivity contribution >= 4 is 11.6 Å². The third kappa shape index (κ3) is 5.49. The summed E-state index contributed by atoms with van der Waals surface area (Å²) in [5.41, 5.74) is 3.13. The van der Waals surface area contributed by atoms with E-state index >= 15 is 0 Å². The Labute approximate surface area is 144 Å². The summed E-state index contributed by atoms with van der Waals surface area (Å²) in [6.45, 7) is 7.88. The second-order valence-corrected chi connectivity index (χ2v) is 6.19. The number of halogens is 1. The minimum atomic E-state index is 0.732. The first-order valence-electron chi connectivity index (χ1n) is 8.26. The van der Waals surface area contributed by atoms with Crippen molar-refractivity contribution in [3.8, 4) is 11.1 Å². The lowest BCUT2D eigenvalue weighted by Gasteiger charge is -2.12. The lowest BCUT2D eigenvalue weighted by Crippen LogP contribution is -2.18. The van der Waals surface area contributed by atoms with E-state index in [1.807, 2.05) is 36.5 Å². The molecule has 1 unspecified atom stereocenters. The number of aromatic nitrogens is 1. The molecule has 0 aliphatic heterocycles. The van der Waals surface area contributed by atoms with Gasteiger partial charge in [0.05, 0.1) is 5.69 Å². The van der Waals surface area contributed by atoms with Gasteiger partial charge >= 0.3 is 0 Å². The fraction of sp³-hybridized carbons (Fsp3) is 0.350. The maximum absolute atomic E-state index is 6.22. The van der Waals surface area contributed by atoms with Crippen molar-refractivity contribution in [3.05, 3.63) is 66.0 Å². The number of hydrogen-bond acceptors (Lipinski definition) is 2. The van der Waals surface area contributed by atoms with Gasteiger partial charge in [-0.1, -0.05) is 55.3 Å². The minimum Gasteiger partial charge on any atom is -0.311 e. The van der Waals surface area contributed by atoms with Gasteiger partial charge in [0, 0.05) is 28.9 Å². The maximum Gasteiger partial charge on any atom is 0.0542 e. The van der Waals surface area contributed by atoms with E-state index in [-0.39, 0.29) is 0 Å².